The van der Waals surface area contributed by atoms with Gasteiger partial charge in [0.2, 0.25) is 0 Å². The molecule has 1 aliphatic rings. The second-order valence-electron chi connectivity index (χ2n) is 6.97. The highest BCUT2D eigenvalue weighted by atomic mass is 32.1. The number of piperidine rings is 1. The van der Waals surface area contributed by atoms with Gasteiger partial charge in [-0.05, 0) is 73.4 Å². The standard InChI is InChI=1S/C21H28N2O2S/c1-16-10-14-26-20(16)15-22-19-5-3-18(4-6-19)21(24)23-11-7-17(8-12-23)9-13-25-2/h3-6,10,14,17,22H,7-9,11-13,15H2,1-2H3. The molecule has 0 radical (unpaired) electrons. The molecule has 0 bridgehead atoms. The topological polar surface area (TPSA) is 41.6 Å². The van der Waals surface area contributed by atoms with Crippen molar-refractivity contribution in [2.45, 2.75) is 32.7 Å². The number of nitrogens with one attached hydrogen (secondary N) is 1. The molecule has 1 fully saturated rings. The van der Waals surface area contributed by atoms with Gasteiger partial charge in [0.15, 0.2) is 0 Å². The number of carbonyl (C=O) groups is 1. The maximum atomic E-state index is 12.7. The fraction of sp³-hybridized carbons (Fsp3) is 0.476. The van der Waals surface area contributed by atoms with Crippen LogP contribution >= 0.6 is 11.3 Å². The predicted molar refractivity (Wildman–Crippen MR) is 108 cm³/mol. The minimum absolute atomic E-state index is 0.149. The van der Waals surface area contributed by atoms with Gasteiger partial charge in [-0.15, -0.1) is 11.3 Å². The molecule has 26 heavy (non-hydrogen) atoms. The van der Waals surface area contributed by atoms with Gasteiger partial charge in [0.05, 0.1) is 0 Å². The number of carbonyl (C=O) groups excluding carboxylic acids is 1. The van der Waals surface area contributed by atoms with E-state index >= 15 is 0 Å². The van der Waals surface area contributed by atoms with Crippen molar-refractivity contribution in [3.8, 4) is 0 Å². The number of amides is 1. The molecule has 3 rings (SSSR count). The molecular formula is C21H28N2O2S. The third-order valence-electron chi connectivity index (χ3n) is 5.19. The van der Waals surface area contributed by atoms with Gasteiger partial charge in [-0.25, -0.2) is 0 Å². The summed E-state index contributed by atoms with van der Waals surface area (Å²) in [6.07, 6.45) is 3.26. The van der Waals surface area contributed by atoms with Crippen LogP contribution < -0.4 is 5.32 Å². The van der Waals surface area contributed by atoms with Crippen LogP contribution in [0.2, 0.25) is 0 Å². The lowest BCUT2D eigenvalue weighted by Gasteiger charge is -2.32. The summed E-state index contributed by atoms with van der Waals surface area (Å²) in [5.74, 6) is 0.835. The second kappa shape index (κ2) is 9.19. The molecule has 1 amide bonds. The zero-order valence-corrected chi connectivity index (χ0v) is 16.5. The SMILES string of the molecule is COCCC1CCN(C(=O)c2ccc(NCc3sccc3C)cc2)CC1. The Morgan fingerprint density at radius 2 is 1.96 bits per heavy atom. The Morgan fingerprint density at radius 3 is 2.58 bits per heavy atom. The monoisotopic (exact) mass is 372 g/mol. The lowest BCUT2D eigenvalue weighted by Crippen LogP contribution is -2.38. The van der Waals surface area contributed by atoms with Crippen molar-refractivity contribution in [2.75, 3.05) is 32.1 Å². The minimum Gasteiger partial charge on any atom is -0.385 e. The van der Waals surface area contributed by atoms with E-state index in [0.717, 1.165) is 56.8 Å². The smallest absolute Gasteiger partial charge is 0.253 e. The van der Waals surface area contributed by atoms with Crippen molar-refractivity contribution < 1.29 is 9.53 Å². The summed E-state index contributed by atoms with van der Waals surface area (Å²) in [6.45, 7) is 5.48. The number of likely N-dealkylation sites (tertiary alicyclic amines) is 1. The Kier molecular flexibility index (Phi) is 6.69. The molecule has 1 aliphatic heterocycles. The van der Waals surface area contributed by atoms with Crippen LogP contribution in [-0.4, -0.2) is 37.6 Å². The fourth-order valence-corrected chi connectivity index (χ4v) is 4.24. The zero-order valence-electron chi connectivity index (χ0n) is 15.7. The molecule has 2 aromatic rings. The van der Waals surface area contributed by atoms with E-state index in [0.29, 0.717) is 5.92 Å². The van der Waals surface area contributed by atoms with E-state index in [1.165, 1.54) is 10.4 Å². The third kappa shape index (κ3) is 4.86. The maximum absolute atomic E-state index is 12.7. The largest absolute Gasteiger partial charge is 0.385 e. The van der Waals surface area contributed by atoms with E-state index in [9.17, 15) is 4.79 Å². The molecule has 4 nitrogen and oxygen atoms in total. The van der Waals surface area contributed by atoms with E-state index in [-0.39, 0.29) is 5.91 Å². The minimum atomic E-state index is 0.149. The summed E-state index contributed by atoms with van der Waals surface area (Å²) in [6, 6.07) is 10.0. The average Bonchev–Trinajstić information content (AvgIpc) is 3.10. The van der Waals surface area contributed by atoms with Crippen LogP contribution in [0.5, 0.6) is 0 Å². The Bertz CT molecular complexity index is 703. The number of benzene rings is 1. The molecule has 140 valence electrons. The molecule has 0 aliphatic carbocycles. The van der Waals surface area contributed by atoms with Gasteiger partial charge in [0, 0.05) is 49.5 Å². The highest BCUT2D eigenvalue weighted by Gasteiger charge is 2.23. The molecule has 1 aromatic carbocycles. The van der Waals surface area contributed by atoms with Crippen molar-refractivity contribution in [2.24, 2.45) is 5.92 Å². The van der Waals surface area contributed by atoms with Crippen LogP contribution in [0.15, 0.2) is 35.7 Å². The van der Waals surface area contributed by atoms with Gasteiger partial charge in [-0.1, -0.05) is 0 Å². The molecular weight excluding hydrogens is 344 g/mol. The molecule has 0 spiro atoms. The normalized spacial score (nSPS) is 15.2. The van der Waals surface area contributed by atoms with Gasteiger partial charge >= 0.3 is 0 Å². The summed E-state index contributed by atoms with van der Waals surface area (Å²) in [7, 11) is 1.75. The Morgan fingerprint density at radius 1 is 1.23 bits per heavy atom. The quantitative estimate of drug-likeness (QED) is 0.775. The number of anilines is 1. The Labute approximate surface area is 160 Å². The molecule has 1 aromatic heterocycles. The van der Waals surface area contributed by atoms with Crippen molar-refractivity contribution >= 4 is 22.9 Å². The fourth-order valence-electron chi connectivity index (χ4n) is 3.39. The van der Waals surface area contributed by atoms with E-state index in [1.54, 1.807) is 18.4 Å². The molecule has 5 heteroatoms. The lowest BCUT2D eigenvalue weighted by atomic mass is 9.93. The molecule has 0 atom stereocenters. The maximum Gasteiger partial charge on any atom is 0.253 e. The van der Waals surface area contributed by atoms with Crippen LogP contribution in [0.3, 0.4) is 0 Å². The predicted octanol–water partition coefficient (Wildman–Crippen LogP) is 4.56. The number of hydrogen-bond donors (Lipinski definition) is 1. The van der Waals surface area contributed by atoms with Crippen LogP contribution in [0.4, 0.5) is 5.69 Å². The summed E-state index contributed by atoms with van der Waals surface area (Å²) in [4.78, 5) is 16.0. The first-order valence-electron chi connectivity index (χ1n) is 9.32. The number of thiophene rings is 1. The van der Waals surface area contributed by atoms with Gasteiger partial charge in [-0.2, -0.15) is 0 Å². The number of rotatable bonds is 7. The first-order valence-corrected chi connectivity index (χ1v) is 10.2. The van der Waals surface area contributed by atoms with Gasteiger partial charge < -0.3 is 15.0 Å². The highest BCUT2D eigenvalue weighted by molar-refractivity contribution is 7.10. The summed E-state index contributed by atoms with van der Waals surface area (Å²) in [5.41, 5.74) is 3.15. The number of hydrogen-bond acceptors (Lipinski definition) is 4. The number of ether oxygens (including phenoxy) is 1. The molecule has 0 saturated carbocycles. The summed E-state index contributed by atoms with van der Waals surface area (Å²) >= 11 is 1.77. The second-order valence-corrected chi connectivity index (χ2v) is 7.98. The first-order chi connectivity index (χ1) is 12.7. The van der Waals surface area contributed by atoms with Crippen LogP contribution in [0.25, 0.3) is 0 Å². The molecule has 2 heterocycles. The van der Waals surface area contributed by atoms with Crippen LogP contribution in [0, 0.1) is 12.8 Å². The van der Waals surface area contributed by atoms with E-state index in [1.807, 2.05) is 29.2 Å². The number of nitrogens with zero attached hydrogens (tertiary/aromatic N) is 1. The summed E-state index contributed by atoms with van der Waals surface area (Å²) < 4.78 is 5.16. The Hall–Kier alpha value is -1.85. The zero-order chi connectivity index (χ0) is 18.4. The van der Waals surface area contributed by atoms with Crippen molar-refractivity contribution in [1.29, 1.82) is 0 Å². The van der Waals surface area contributed by atoms with Crippen LogP contribution in [-0.2, 0) is 11.3 Å². The van der Waals surface area contributed by atoms with Crippen molar-refractivity contribution in [3.63, 3.8) is 0 Å². The number of aryl methyl sites for hydroxylation is 1. The highest BCUT2D eigenvalue weighted by Crippen LogP contribution is 2.23. The molecule has 0 unspecified atom stereocenters. The first kappa shape index (κ1) is 18.9. The van der Waals surface area contributed by atoms with Gasteiger partial charge in [0.25, 0.3) is 5.91 Å². The van der Waals surface area contributed by atoms with Crippen molar-refractivity contribution in [3.05, 3.63) is 51.7 Å². The van der Waals surface area contributed by atoms with E-state index in [2.05, 4.69) is 23.7 Å². The van der Waals surface area contributed by atoms with Gasteiger partial charge in [0.1, 0.15) is 0 Å². The van der Waals surface area contributed by atoms with Crippen molar-refractivity contribution in [1.82, 2.24) is 4.90 Å². The molecule has 1 N–H and O–H groups in total. The lowest BCUT2D eigenvalue weighted by molar-refractivity contribution is 0.0670. The Balaban J connectivity index is 1.50. The van der Waals surface area contributed by atoms with E-state index < -0.39 is 0 Å². The summed E-state index contributed by atoms with van der Waals surface area (Å²) in [5, 5.41) is 5.55. The van der Waals surface area contributed by atoms with Gasteiger partial charge in [-0.3, -0.25) is 4.79 Å². The average molecular weight is 373 g/mol. The van der Waals surface area contributed by atoms with E-state index in [4.69, 9.17) is 4.74 Å². The number of methoxy groups -OCH3 is 1. The van der Waals surface area contributed by atoms with Crippen LogP contribution in [0.1, 0.15) is 40.1 Å². The third-order valence-corrected chi connectivity index (χ3v) is 6.21. The molecule has 1 saturated heterocycles.